The largest absolute Gasteiger partial charge is 0.381 e. The van der Waals surface area contributed by atoms with Crippen LogP contribution in [0.25, 0.3) is 16.6 Å². The Kier molecular flexibility index (Phi) is 3.61. The third-order valence-corrected chi connectivity index (χ3v) is 5.83. The number of hydrogen-bond donors (Lipinski definition) is 0. The lowest BCUT2D eigenvalue weighted by molar-refractivity contribution is -0.0837. The predicted octanol–water partition coefficient (Wildman–Crippen LogP) is 3.64. The van der Waals surface area contributed by atoms with Crippen molar-refractivity contribution in [2.75, 3.05) is 26.3 Å². The highest BCUT2D eigenvalue weighted by atomic mass is 16.5. The van der Waals surface area contributed by atoms with Crippen LogP contribution in [0.3, 0.4) is 0 Å². The fourth-order valence-corrected chi connectivity index (χ4v) is 4.47. The molecule has 25 heavy (non-hydrogen) atoms. The second kappa shape index (κ2) is 5.97. The number of hydrogen-bond acceptors (Lipinski definition) is 3. The molecule has 0 radical (unpaired) electrons. The first kappa shape index (κ1) is 15.1. The van der Waals surface area contributed by atoms with Crippen molar-refractivity contribution in [2.45, 2.75) is 19.4 Å². The SMILES string of the molecule is c1cc(CN2CC3(CCOCC3)C2)c2ccn(-c3ccncc3)c2c1. The number of likely N-dealkylation sites (tertiary alicyclic amines) is 1. The van der Waals surface area contributed by atoms with Gasteiger partial charge >= 0.3 is 0 Å². The van der Waals surface area contributed by atoms with E-state index in [4.69, 9.17) is 4.74 Å². The second-order valence-electron chi connectivity index (χ2n) is 7.50. The number of aromatic nitrogens is 2. The molecule has 0 amide bonds. The van der Waals surface area contributed by atoms with Gasteiger partial charge in [0.15, 0.2) is 0 Å². The summed E-state index contributed by atoms with van der Waals surface area (Å²) in [6, 6.07) is 13.0. The van der Waals surface area contributed by atoms with Crippen LogP contribution < -0.4 is 0 Å². The lowest BCUT2D eigenvalue weighted by atomic mass is 9.73. The van der Waals surface area contributed by atoms with Crippen molar-refractivity contribution >= 4 is 10.9 Å². The fraction of sp³-hybridized carbons (Fsp3) is 0.381. The molecule has 0 saturated carbocycles. The molecule has 0 aliphatic carbocycles. The molecule has 128 valence electrons. The van der Waals surface area contributed by atoms with E-state index in [1.807, 2.05) is 12.4 Å². The summed E-state index contributed by atoms with van der Waals surface area (Å²) in [5, 5.41) is 1.35. The Hall–Kier alpha value is -2.17. The first-order valence-electron chi connectivity index (χ1n) is 9.13. The molecular formula is C21H23N3O. The zero-order chi connectivity index (χ0) is 16.7. The summed E-state index contributed by atoms with van der Waals surface area (Å²) in [7, 11) is 0. The Labute approximate surface area is 148 Å². The maximum absolute atomic E-state index is 5.53. The summed E-state index contributed by atoms with van der Waals surface area (Å²) < 4.78 is 7.78. The van der Waals surface area contributed by atoms with Crippen LogP contribution in [-0.4, -0.2) is 40.8 Å². The number of fused-ring (bicyclic) bond motifs is 1. The Bertz CT molecular complexity index is 873. The van der Waals surface area contributed by atoms with Crippen LogP contribution in [0.1, 0.15) is 18.4 Å². The van der Waals surface area contributed by atoms with E-state index < -0.39 is 0 Å². The van der Waals surface area contributed by atoms with E-state index in [1.54, 1.807) is 0 Å². The van der Waals surface area contributed by atoms with Crippen LogP contribution >= 0.6 is 0 Å². The third-order valence-electron chi connectivity index (χ3n) is 5.83. The molecule has 0 N–H and O–H groups in total. The van der Waals surface area contributed by atoms with Gasteiger partial charge in [-0.05, 0) is 42.7 Å². The molecule has 4 nitrogen and oxygen atoms in total. The van der Waals surface area contributed by atoms with E-state index in [0.29, 0.717) is 5.41 Å². The lowest BCUT2D eigenvalue weighted by Gasteiger charge is -2.52. The van der Waals surface area contributed by atoms with Crippen molar-refractivity contribution in [3.63, 3.8) is 0 Å². The average molecular weight is 333 g/mol. The molecule has 2 aromatic heterocycles. The Balaban J connectivity index is 1.39. The zero-order valence-corrected chi connectivity index (χ0v) is 14.4. The van der Waals surface area contributed by atoms with Gasteiger partial charge in [0.1, 0.15) is 0 Å². The smallest absolute Gasteiger partial charge is 0.0531 e. The number of ether oxygens (including phenoxy) is 1. The molecule has 2 saturated heterocycles. The van der Waals surface area contributed by atoms with Crippen molar-refractivity contribution in [1.29, 1.82) is 0 Å². The molecule has 0 unspecified atom stereocenters. The molecular weight excluding hydrogens is 310 g/mol. The van der Waals surface area contributed by atoms with Gasteiger partial charge in [0.05, 0.1) is 5.52 Å². The number of rotatable bonds is 3. The molecule has 4 heteroatoms. The van der Waals surface area contributed by atoms with Gasteiger partial charge in [-0.3, -0.25) is 9.88 Å². The van der Waals surface area contributed by atoms with Crippen LogP contribution in [-0.2, 0) is 11.3 Å². The second-order valence-corrected chi connectivity index (χ2v) is 7.50. The van der Waals surface area contributed by atoms with Gasteiger partial charge in [-0.1, -0.05) is 12.1 Å². The number of pyridine rings is 1. The van der Waals surface area contributed by atoms with Gasteiger partial charge in [-0.15, -0.1) is 0 Å². The van der Waals surface area contributed by atoms with Gasteiger partial charge in [-0.25, -0.2) is 0 Å². The fourth-order valence-electron chi connectivity index (χ4n) is 4.47. The molecule has 2 fully saturated rings. The highest BCUT2D eigenvalue weighted by molar-refractivity contribution is 5.85. The first-order valence-corrected chi connectivity index (χ1v) is 9.13. The summed E-state index contributed by atoms with van der Waals surface area (Å²) >= 11 is 0. The summed E-state index contributed by atoms with van der Waals surface area (Å²) in [5.41, 5.74) is 4.39. The molecule has 2 aliphatic rings. The van der Waals surface area contributed by atoms with Gasteiger partial charge in [0.25, 0.3) is 0 Å². The van der Waals surface area contributed by atoms with E-state index in [2.05, 4.69) is 57.0 Å². The molecule has 4 heterocycles. The summed E-state index contributed by atoms with van der Waals surface area (Å²) in [5.74, 6) is 0. The molecule has 0 bridgehead atoms. The minimum absolute atomic E-state index is 0.537. The van der Waals surface area contributed by atoms with Gasteiger partial charge < -0.3 is 9.30 Å². The van der Waals surface area contributed by atoms with Crippen molar-refractivity contribution in [3.8, 4) is 5.69 Å². The Morgan fingerprint density at radius 1 is 1.00 bits per heavy atom. The van der Waals surface area contributed by atoms with Crippen LogP contribution in [0.15, 0.2) is 55.0 Å². The highest BCUT2D eigenvalue weighted by Gasteiger charge is 2.43. The minimum Gasteiger partial charge on any atom is -0.381 e. The predicted molar refractivity (Wildman–Crippen MR) is 98.8 cm³/mol. The summed E-state index contributed by atoms with van der Waals surface area (Å²) in [6.45, 7) is 5.37. The molecule has 0 atom stereocenters. The van der Waals surface area contributed by atoms with E-state index >= 15 is 0 Å². The summed E-state index contributed by atoms with van der Waals surface area (Å²) in [4.78, 5) is 6.71. The van der Waals surface area contributed by atoms with Gasteiger partial charge in [-0.2, -0.15) is 0 Å². The van der Waals surface area contributed by atoms with Crippen molar-refractivity contribution in [1.82, 2.24) is 14.5 Å². The van der Waals surface area contributed by atoms with Crippen molar-refractivity contribution in [2.24, 2.45) is 5.41 Å². The minimum atomic E-state index is 0.537. The number of benzene rings is 1. The molecule has 3 aromatic rings. The van der Waals surface area contributed by atoms with E-state index in [0.717, 1.165) is 25.4 Å². The van der Waals surface area contributed by atoms with E-state index in [9.17, 15) is 0 Å². The Morgan fingerprint density at radius 2 is 1.80 bits per heavy atom. The topological polar surface area (TPSA) is 30.3 Å². The number of nitrogens with zero attached hydrogens (tertiary/aromatic N) is 3. The lowest BCUT2D eigenvalue weighted by Crippen LogP contribution is -2.57. The van der Waals surface area contributed by atoms with Crippen molar-refractivity contribution in [3.05, 3.63) is 60.6 Å². The normalized spacial score (nSPS) is 20.0. The quantitative estimate of drug-likeness (QED) is 0.733. The van der Waals surface area contributed by atoms with Crippen molar-refractivity contribution < 1.29 is 4.74 Å². The monoisotopic (exact) mass is 333 g/mol. The maximum Gasteiger partial charge on any atom is 0.0531 e. The standard InChI is InChI=1S/C21H23N3O/c1-2-17(14-23-15-21(16-23)7-12-25-13-8-21)19-6-11-24(20(19)3-1)18-4-9-22-10-5-18/h1-6,9-11H,7-8,12-16H2. The molecule has 2 aliphatic heterocycles. The third kappa shape index (κ3) is 2.66. The molecule has 1 aromatic carbocycles. The van der Waals surface area contributed by atoms with Gasteiger partial charge in [0.2, 0.25) is 0 Å². The summed E-state index contributed by atoms with van der Waals surface area (Å²) in [6.07, 6.45) is 8.31. The average Bonchev–Trinajstić information content (AvgIpc) is 3.07. The highest BCUT2D eigenvalue weighted by Crippen LogP contribution is 2.40. The first-order chi connectivity index (χ1) is 12.3. The molecule has 1 spiro atoms. The van der Waals surface area contributed by atoms with Gasteiger partial charge in [0, 0.05) is 67.9 Å². The zero-order valence-electron chi connectivity index (χ0n) is 14.4. The Morgan fingerprint density at radius 3 is 2.60 bits per heavy atom. The van der Waals surface area contributed by atoms with Crippen LogP contribution in [0.2, 0.25) is 0 Å². The maximum atomic E-state index is 5.53. The molecule has 5 rings (SSSR count). The van der Waals surface area contributed by atoms with Crippen LogP contribution in [0.4, 0.5) is 0 Å². The van der Waals surface area contributed by atoms with Crippen LogP contribution in [0, 0.1) is 5.41 Å². The van der Waals surface area contributed by atoms with E-state index in [1.165, 1.54) is 42.4 Å². The van der Waals surface area contributed by atoms with E-state index in [-0.39, 0.29) is 0 Å². The van der Waals surface area contributed by atoms with Crippen LogP contribution in [0.5, 0.6) is 0 Å².